The molecule has 0 amide bonds. The van der Waals surface area contributed by atoms with Gasteiger partial charge in [-0.1, -0.05) is 6.92 Å². The van der Waals surface area contributed by atoms with Crippen LogP contribution in [0.15, 0.2) is 17.0 Å². The number of nitrogens with zero attached hydrogens (tertiary/aromatic N) is 1. The summed E-state index contributed by atoms with van der Waals surface area (Å²) in [6.45, 7) is 3.35. The van der Waals surface area contributed by atoms with Crippen LogP contribution in [-0.2, 0) is 10.0 Å². The highest BCUT2D eigenvalue weighted by atomic mass is 32.2. The second-order valence-corrected chi connectivity index (χ2v) is 7.14. The Morgan fingerprint density at radius 3 is 2.75 bits per heavy atom. The van der Waals surface area contributed by atoms with Crippen molar-refractivity contribution in [3.05, 3.63) is 23.5 Å². The Morgan fingerprint density at radius 1 is 1.50 bits per heavy atom. The van der Waals surface area contributed by atoms with Crippen LogP contribution in [0.5, 0.6) is 0 Å². The third kappa shape index (κ3) is 2.41. The quantitative estimate of drug-likeness (QED) is 0.819. The average Bonchev–Trinajstić information content (AvgIpc) is 2.75. The van der Waals surface area contributed by atoms with Crippen LogP contribution in [0, 0.1) is 18.7 Å². The van der Waals surface area contributed by atoms with Gasteiger partial charge in [-0.25, -0.2) is 12.8 Å². The number of aliphatic hydroxyl groups excluding tert-OH is 1. The van der Waals surface area contributed by atoms with Crippen molar-refractivity contribution in [1.82, 2.24) is 4.31 Å². The summed E-state index contributed by atoms with van der Waals surface area (Å²) in [5.74, 6) is -0.740. The molecule has 1 fully saturated rings. The zero-order valence-corrected chi connectivity index (χ0v) is 12.3. The number of hydrogen-bond donors (Lipinski definition) is 2. The van der Waals surface area contributed by atoms with Gasteiger partial charge in [0.1, 0.15) is 10.7 Å². The zero-order valence-electron chi connectivity index (χ0n) is 11.5. The number of nitrogens with two attached hydrogens (primary N) is 1. The van der Waals surface area contributed by atoms with Gasteiger partial charge < -0.3 is 10.8 Å². The third-order valence-corrected chi connectivity index (χ3v) is 5.77. The van der Waals surface area contributed by atoms with Gasteiger partial charge in [-0.15, -0.1) is 0 Å². The molecule has 2 unspecified atom stereocenters. The molecule has 7 heteroatoms. The Balaban J connectivity index is 2.51. The Labute approximate surface area is 118 Å². The Morgan fingerprint density at radius 2 is 2.15 bits per heavy atom. The van der Waals surface area contributed by atoms with E-state index < -0.39 is 26.8 Å². The molecule has 2 atom stereocenters. The van der Waals surface area contributed by atoms with Gasteiger partial charge >= 0.3 is 0 Å². The molecule has 0 aliphatic carbocycles. The second kappa shape index (κ2) is 5.31. The molecule has 1 aromatic carbocycles. The topological polar surface area (TPSA) is 83.6 Å². The van der Waals surface area contributed by atoms with Crippen LogP contribution in [0.4, 0.5) is 10.1 Å². The molecule has 112 valence electrons. The number of anilines is 1. The van der Waals surface area contributed by atoms with Crippen molar-refractivity contribution < 1.29 is 17.9 Å². The third-order valence-electron chi connectivity index (χ3n) is 3.85. The highest BCUT2D eigenvalue weighted by Crippen LogP contribution is 2.32. The fourth-order valence-electron chi connectivity index (χ4n) is 2.62. The Hall–Kier alpha value is -1.18. The zero-order chi connectivity index (χ0) is 15.1. The minimum atomic E-state index is -3.99. The standard InChI is InChI=1S/C13H19FN2O3S/c1-8-3-4-16(11(8)7-17)20(18,19)12-6-10(15)5-9(2)13(12)14/h5-6,8,11,17H,3-4,7,15H2,1-2H3. The molecule has 3 N–H and O–H groups in total. The summed E-state index contributed by atoms with van der Waals surface area (Å²) in [5.41, 5.74) is 6.01. The van der Waals surface area contributed by atoms with E-state index in [0.717, 1.165) is 6.07 Å². The Bertz CT molecular complexity index is 618. The van der Waals surface area contributed by atoms with E-state index in [2.05, 4.69) is 0 Å². The van der Waals surface area contributed by atoms with E-state index in [1.807, 2.05) is 6.92 Å². The fourth-order valence-corrected chi connectivity index (χ4v) is 4.52. The lowest BCUT2D eigenvalue weighted by molar-refractivity contribution is 0.191. The highest BCUT2D eigenvalue weighted by molar-refractivity contribution is 7.89. The van der Waals surface area contributed by atoms with Gasteiger partial charge in [-0.2, -0.15) is 4.31 Å². The molecule has 1 aromatic rings. The second-order valence-electron chi connectivity index (χ2n) is 5.28. The van der Waals surface area contributed by atoms with E-state index in [0.29, 0.717) is 6.42 Å². The monoisotopic (exact) mass is 302 g/mol. The van der Waals surface area contributed by atoms with Crippen molar-refractivity contribution in [2.45, 2.75) is 31.2 Å². The molecule has 1 aliphatic rings. The average molecular weight is 302 g/mol. The van der Waals surface area contributed by atoms with E-state index in [1.165, 1.54) is 17.3 Å². The van der Waals surface area contributed by atoms with E-state index in [4.69, 9.17) is 5.73 Å². The van der Waals surface area contributed by atoms with Crippen molar-refractivity contribution in [1.29, 1.82) is 0 Å². The maximum Gasteiger partial charge on any atom is 0.246 e. The molecular weight excluding hydrogens is 283 g/mol. The smallest absolute Gasteiger partial charge is 0.246 e. The molecule has 0 bridgehead atoms. The van der Waals surface area contributed by atoms with Crippen molar-refractivity contribution in [2.24, 2.45) is 5.92 Å². The Kier molecular flexibility index (Phi) is 4.04. The predicted molar refractivity (Wildman–Crippen MR) is 74.1 cm³/mol. The number of halogens is 1. The van der Waals surface area contributed by atoms with Crippen LogP contribution in [0.2, 0.25) is 0 Å². The number of aliphatic hydroxyl groups is 1. The molecule has 20 heavy (non-hydrogen) atoms. The van der Waals surface area contributed by atoms with Crippen LogP contribution in [0.25, 0.3) is 0 Å². The molecule has 1 heterocycles. The molecule has 2 rings (SSSR count). The van der Waals surface area contributed by atoms with Gasteiger partial charge in [-0.05, 0) is 37.0 Å². The molecule has 0 aromatic heterocycles. The molecule has 5 nitrogen and oxygen atoms in total. The minimum Gasteiger partial charge on any atom is -0.399 e. The van der Waals surface area contributed by atoms with E-state index in [-0.39, 0.29) is 30.3 Å². The SMILES string of the molecule is Cc1cc(N)cc(S(=O)(=O)N2CCC(C)C2CO)c1F. The lowest BCUT2D eigenvalue weighted by atomic mass is 10.0. The van der Waals surface area contributed by atoms with Gasteiger partial charge in [0.15, 0.2) is 0 Å². The van der Waals surface area contributed by atoms with Crippen LogP contribution < -0.4 is 5.73 Å². The lowest BCUT2D eigenvalue weighted by Crippen LogP contribution is -2.40. The summed E-state index contributed by atoms with van der Waals surface area (Å²) in [7, 11) is -3.99. The summed E-state index contributed by atoms with van der Waals surface area (Å²) in [6, 6.07) is 2.01. The normalized spacial score (nSPS) is 24.2. The minimum absolute atomic E-state index is 0.0417. The van der Waals surface area contributed by atoms with Crippen LogP contribution in [0.1, 0.15) is 18.9 Å². The molecule has 0 spiro atoms. The summed E-state index contributed by atoms with van der Waals surface area (Å²) < 4.78 is 40.5. The van der Waals surface area contributed by atoms with Gasteiger partial charge in [0.2, 0.25) is 10.0 Å². The summed E-state index contributed by atoms with van der Waals surface area (Å²) in [4.78, 5) is -0.414. The summed E-state index contributed by atoms with van der Waals surface area (Å²) >= 11 is 0. The van der Waals surface area contributed by atoms with Crippen molar-refractivity contribution >= 4 is 15.7 Å². The van der Waals surface area contributed by atoms with E-state index in [1.54, 1.807) is 0 Å². The first-order chi connectivity index (χ1) is 9.28. The predicted octanol–water partition coefficient (Wildman–Crippen LogP) is 1.11. The first-order valence-corrected chi connectivity index (χ1v) is 7.91. The van der Waals surface area contributed by atoms with E-state index in [9.17, 15) is 17.9 Å². The van der Waals surface area contributed by atoms with Crippen LogP contribution in [-0.4, -0.2) is 37.0 Å². The number of aryl methyl sites for hydroxylation is 1. The van der Waals surface area contributed by atoms with Crippen molar-refractivity contribution in [3.8, 4) is 0 Å². The van der Waals surface area contributed by atoms with Gasteiger partial charge in [0.25, 0.3) is 0 Å². The maximum atomic E-state index is 14.1. The number of nitrogen functional groups attached to an aromatic ring is 1. The number of benzene rings is 1. The largest absolute Gasteiger partial charge is 0.399 e. The van der Waals surface area contributed by atoms with Crippen LogP contribution in [0.3, 0.4) is 0 Å². The number of rotatable bonds is 3. The van der Waals surface area contributed by atoms with Gasteiger partial charge in [-0.3, -0.25) is 0 Å². The molecular formula is C13H19FN2O3S. The fraction of sp³-hybridized carbons (Fsp3) is 0.538. The van der Waals surface area contributed by atoms with Gasteiger partial charge in [0, 0.05) is 12.2 Å². The number of hydrogen-bond acceptors (Lipinski definition) is 4. The van der Waals surface area contributed by atoms with E-state index >= 15 is 0 Å². The van der Waals surface area contributed by atoms with Crippen LogP contribution >= 0.6 is 0 Å². The number of sulfonamides is 1. The maximum absolute atomic E-state index is 14.1. The first-order valence-electron chi connectivity index (χ1n) is 6.47. The lowest BCUT2D eigenvalue weighted by Gasteiger charge is -2.25. The molecule has 0 radical (unpaired) electrons. The summed E-state index contributed by atoms with van der Waals surface area (Å²) in [6.07, 6.45) is 0.646. The van der Waals surface area contributed by atoms with Crippen molar-refractivity contribution in [2.75, 3.05) is 18.9 Å². The summed E-state index contributed by atoms with van der Waals surface area (Å²) in [5, 5.41) is 9.37. The van der Waals surface area contributed by atoms with Crippen molar-refractivity contribution in [3.63, 3.8) is 0 Å². The first kappa shape index (κ1) is 15.2. The molecule has 1 aliphatic heterocycles. The molecule has 1 saturated heterocycles. The molecule has 0 saturated carbocycles. The van der Waals surface area contributed by atoms with Gasteiger partial charge in [0.05, 0.1) is 12.6 Å². The highest BCUT2D eigenvalue weighted by Gasteiger charge is 2.40.